The first-order valence-electron chi connectivity index (χ1n) is 14.2. The molecule has 0 unspecified atom stereocenters. The lowest BCUT2D eigenvalue weighted by Crippen LogP contribution is -2.40. The quantitative estimate of drug-likeness (QED) is 0.203. The molecule has 2 aromatic rings. The molecule has 1 aliphatic rings. The number of Topliss-reactive ketones (excluding diaryl/α,β-unsaturated/α-hetero) is 2. The summed E-state index contributed by atoms with van der Waals surface area (Å²) < 4.78 is 49.9. The molecule has 0 aromatic heterocycles. The Bertz CT molecular complexity index is 1260. The van der Waals surface area contributed by atoms with Crippen LogP contribution >= 0.6 is 11.6 Å². The monoisotopic (exact) mass is 609 g/mol. The van der Waals surface area contributed by atoms with Crippen LogP contribution in [-0.4, -0.2) is 50.0 Å². The second kappa shape index (κ2) is 14.5. The zero-order valence-electron chi connectivity index (χ0n) is 24.5. The number of ether oxygens (including phenoxy) is 2. The minimum atomic E-state index is -4.23. The Balaban J connectivity index is 1.75. The average molecular weight is 610 g/mol. The van der Waals surface area contributed by atoms with Crippen molar-refractivity contribution in [3.8, 4) is 5.75 Å². The molecular formula is C32H39ClF3NO5. The van der Waals surface area contributed by atoms with E-state index in [9.17, 15) is 27.6 Å². The summed E-state index contributed by atoms with van der Waals surface area (Å²) in [7, 11) is 1.52. The number of halogens is 4. The Labute approximate surface area is 250 Å². The molecule has 0 radical (unpaired) electrons. The maximum atomic E-state index is 13.3. The minimum Gasteiger partial charge on any atom is -0.490 e. The van der Waals surface area contributed by atoms with Gasteiger partial charge in [0.2, 0.25) is 0 Å². The molecule has 2 aromatic carbocycles. The van der Waals surface area contributed by atoms with Gasteiger partial charge in [-0.05, 0) is 67.5 Å². The van der Waals surface area contributed by atoms with Crippen LogP contribution in [-0.2, 0) is 22.4 Å². The maximum Gasteiger partial charge on any atom is 0.391 e. The third kappa shape index (κ3) is 9.56. The summed E-state index contributed by atoms with van der Waals surface area (Å²) in [4.78, 5) is 38.9. The highest BCUT2D eigenvalue weighted by molar-refractivity contribution is 6.34. The van der Waals surface area contributed by atoms with Gasteiger partial charge in [0.15, 0.2) is 5.78 Å². The Morgan fingerprint density at radius 1 is 0.929 bits per heavy atom. The highest BCUT2D eigenvalue weighted by Crippen LogP contribution is 2.37. The van der Waals surface area contributed by atoms with Crippen molar-refractivity contribution in [2.75, 3.05) is 20.3 Å². The van der Waals surface area contributed by atoms with Crippen molar-refractivity contribution < 1.29 is 37.0 Å². The van der Waals surface area contributed by atoms with E-state index in [2.05, 4.69) is 5.32 Å². The Morgan fingerprint density at radius 2 is 1.57 bits per heavy atom. The minimum absolute atomic E-state index is 0.0373. The zero-order valence-corrected chi connectivity index (χ0v) is 25.3. The molecule has 1 fully saturated rings. The number of rotatable bonds is 12. The number of carbonyl (C=O) groups is 3. The van der Waals surface area contributed by atoms with Crippen molar-refractivity contribution in [3.63, 3.8) is 0 Å². The Morgan fingerprint density at radius 3 is 2.19 bits per heavy atom. The van der Waals surface area contributed by atoms with Crippen LogP contribution < -0.4 is 10.1 Å². The van der Waals surface area contributed by atoms with Crippen LogP contribution in [0.4, 0.5) is 13.2 Å². The molecule has 0 aliphatic heterocycles. The zero-order chi connectivity index (χ0) is 31.1. The van der Waals surface area contributed by atoms with Gasteiger partial charge < -0.3 is 14.8 Å². The van der Waals surface area contributed by atoms with E-state index in [1.54, 1.807) is 36.4 Å². The van der Waals surface area contributed by atoms with Crippen LogP contribution in [0, 0.1) is 11.3 Å². The number of nitrogens with one attached hydrogen (secondary N) is 1. The Hall–Kier alpha value is -2.91. The molecule has 3 rings (SSSR count). The van der Waals surface area contributed by atoms with Gasteiger partial charge in [-0.25, -0.2) is 0 Å². The Kier molecular flexibility index (Phi) is 11.6. The molecule has 10 heteroatoms. The lowest BCUT2D eigenvalue weighted by atomic mass is 9.85. The second-order valence-corrected chi connectivity index (χ2v) is 12.2. The fourth-order valence-corrected chi connectivity index (χ4v) is 5.13. The number of aryl methyl sites for hydroxylation is 1. The molecule has 0 atom stereocenters. The molecule has 0 heterocycles. The van der Waals surface area contributed by atoms with Gasteiger partial charge in [-0.1, -0.05) is 44.5 Å². The first kappa shape index (κ1) is 33.6. The van der Waals surface area contributed by atoms with Gasteiger partial charge in [-0.15, -0.1) is 0 Å². The van der Waals surface area contributed by atoms with Gasteiger partial charge in [0.05, 0.1) is 23.1 Å². The van der Waals surface area contributed by atoms with Crippen LogP contribution in [0.1, 0.15) is 84.7 Å². The van der Waals surface area contributed by atoms with Gasteiger partial charge in [0, 0.05) is 37.0 Å². The number of hydrogen-bond donors (Lipinski definition) is 1. The summed E-state index contributed by atoms with van der Waals surface area (Å²) in [6, 6.07) is 9.61. The van der Waals surface area contributed by atoms with Crippen molar-refractivity contribution >= 4 is 29.1 Å². The number of hydrogen-bond acceptors (Lipinski definition) is 5. The number of benzene rings is 2. The predicted octanol–water partition coefficient (Wildman–Crippen LogP) is 7.19. The number of methoxy groups -OCH3 is 1. The molecule has 6 nitrogen and oxygen atoms in total. The summed E-state index contributed by atoms with van der Waals surface area (Å²) in [5, 5.41) is 3.14. The number of amides is 1. The lowest BCUT2D eigenvalue weighted by Gasteiger charge is -2.30. The molecule has 0 bridgehead atoms. The van der Waals surface area contributed by atoms with E-state index < -0.39 is 23.4 Å². The number of ketones is 2. The van der Waals surface area contributed by atoms with Crippen LogP contribution in [0.3, 0.4) is 0 Å². The SMILES string of the molecule is COCCOc1ccc(CC(=O)c2cc(CCC(=O)C(C)(C)C)ccc2Cl)cc1C(=O)NC1CCC(C(F)(F)F)CC1. The number of carbonyl (C=O) groups excluding carboxylic acids is 3. The fraction of sp³-hybridized carbons (Fsp3) is 0.531. The summed E-state index contributed by atoms with van der Waals surface area (Å²) in [5.74, 6) is -1.67. The maximum absolute atomic E-state index is 13.3. The largest absolute Gasteiger partial charge is 0.490 e. The summed E-state index contributed by atoms with van der Waals surface area (Å²) >= 11 is 6.36. The van der Waals surface area contributed by atoms with Crippen molar-refractivity contribution in [1.29, 1.82) is 0 Å². The third-order valence-corrected chi connectivity index (χ3v) is 7.86. The first-order valence-corrected chi connectivity index (χ1v) is 14.5. The van der Waals surface area contributed by atoms with Gasteiger partial charge in [-0.2, -0.15) is 13.2 Å². The highest BCUT2D eigenvalue weighted by Gasteiger charge is 2.41. The van der Waals surface area contributed by atoms with E-state index in [1.165, 1.54) is 7.11 Å². The van der Waals surface area contributed by atoms with Crippen LogP contribution in [0.25, 0.3) is 0 Å². The smallest absolute Gasteiger partial charge is 0.391 e. The third-order valence-electron chi connectivity index (χ3n) is 7.53. The van der Waals surface area contributed by atoms with Gasteiger partial charge in [0.1, 0.15) is 18.1 Å². The molecule has 1 N–H and O–H groups in total. The molecule has 230 valence electrons. The molecular weight excluding hydrogens is 571 g/mol. The van der Waals surface area contributed by atoms with E-state index in [0.29, 0.717) is 30.6 Å². The van der Waals surface area contributed by atoms with Gasteiger partial charge in [0.25, 0.3) is 5.91 Å². The van der Waals surface area contributed by atoms with E-state index in [-0.39, 0.29) is 72.7 Å². The predicted molar refractivity (Wildman–Crippen MR) is 155 cm³/mol. The van der Waals surface area contributed by atoms with Crippen molar-refractivity contribution in [3.05, 3.63) is 63.7 Å². The normalized spacial score (nSPS) is 17.5. The lowest BCUT2D eigenvalue weighted by molar-refractivity contribution is -0.182. The molecule has 1 amide bonds. The molecule has 0 spiro atoms. The van der Waals surface area contributed by atoms with E-state index in [0.717, 1.165) is 5.56 Å². The summed E-state index contributed by atoms with van der Waals surface area (Å²) in [6.07, 6.45) is -3.07. The van der Waals surface area contributed by atoms with Gasteiger partial charge >= 0.3 is 6.18 Å². The average Bonchev–Trinajstić information content (AvgIpc) is 2.92. The molecule has 42 heavy (non-hydrogen) atoms. The standard InChI is InChI=1S/C32H39ClF3NO5/c1-31(2,3)29(39)14-7-20-5-12-26(33)24(17-20)27(38)19-21-6-13-28(42-16-15-41-4)25(18-21)30(40)37-23-10-8-22(9-11-23)32(34,35)36/h5-6,12-13,17-18,22-23H,7-11,14-16,19H2,1-4H3,(H,37,40). The highest BCUT2D eigenvalue weighted by atomic mass is 35.5. The summed E-state index contributed by atoms with van der Waals surface area (Å²) in [5.41, 5.74) is 1.44. The van der Waals surface area contributed by atoms with Gasteiger partial charge in [-0.3, -0.25) is 14.4 Å². The molecule has 1 saturated carbocycles. The van der Waals surface area contributed by atoms with E-state index >= 15 is 0 Å². The van der Waals surface area contributed by atoms with E-state index in [4.69, 9.17) is 21.1 Å². The first-order chi connectivity index (χ1) is 19.7. The molecule has 0 saturated heterocycles. The van der Waals surface area contributed by atoms with Crippen molar-refractivity contribution in [2.45, 2.75) is 77.9 Å². The fourth-order valence-electron chi connectivity index (χ4n) is 4.91. The topological polar surface area (TPSA) is 81.7 Å². The molecule has 1 aliphatic carbocycles. The van der Waals surface area contributed by atoms with Crippen LogP contribution in [0.2, 0.25) is 5.02 Å². The summed E-state index contributed by atoms with van der Waals surface area (Å²) in [6.45, 7) is 6.08. The number of alkyl halides is 3. The second-order valence-electron chi connectivity index (χ2n) is 11.8. The van der Waals surface area contributed by atoms with Crippen LogP contribution in [0.15, 0.2) is 36.4 Å². The van der Waals surface area contributed by atoms with Crippen molar-refractivity contribution in [2.24, 2.45) is 11.3 Å². The van der Waals surface area contributed by atoms with E-state index in [1.807, 2.05) is 20.8 Å². The van der Waals surface area contributed by atoms with Crippen molar-refractivity contribution in [1.82, 2.24) is 5.32 Å². The van der Waals surface area contributed by atoms with Crippen LogP contribution in [0.5, 0.6) is 5.75 Å².